The van der Waals surface area contributed by atoms with Crippen LogP contribution in [0, 0.1) is 6.92 Å². The molecule has 0 spiro atoms. The smallest absolute Gasteiger partial charge is 0.253 e. The van der Waals surface area contributed by atoms with E-state index in [1.165, 1.54) is 5.56 Å². The zero-order chi connectivity index (χ0) is 16.5. The number of anilines is 1. The van der Waals surface area contributed by atoms with Gasteiger partial charge >= 0.3 is 0 Å². The number of H-pyrrole nitrogens is 1. The summed E-state index contributed by atoms with van der Waals surface area (Å²) in [6.45, 7) is 3.61. The van der Waals surface area contributed by atoms with Crippen molar-refractivity contribution in [3.63, 3.8) is 0 Å². The Balaban J connectivity index is 1.58. The fourth-order valence-corrected chi connectivity index (χ4v) is 2.85. The van der Waals surface area contributed by atoms with Crippen LogP contribution < -0.4 is 20.3 Å². The second-order valence-electron chi connectivity index (χ2n) is 5.93. The van der Waals surface area contributed by atoms with Gasteiger partial charge in [-0.1, -0.05) is 11.6 Å². The molecule has 0 saturated carbocycles. The third kappa shape index (κ3) is 2.80. The van der Waals surface area contributed by atoms with E-state index in [1.807, 2.05) is 43.3 Å². The molecule has 4 rings (SSSR count). The molecule has 1 aliphatic heterocycles. The molecular weight excluding hydrogens is 304 g/mol. The normalized spacial score (nSPS) is 13.0. The maximum Gasteiger partial charge on any atom is 0.253 e. The fraction of sp³-hybridized carbons (Fsp3) is 0.211. The average Bonchev–Trinajstić information content (AvgIpc) is 2.60. The Labute approximate surface area is 139 Å². The Kier molecular flexibility index (Phi) is 3.61. The standard InChI is InChI=1S/C19H18N2O3/c1-12-2-4-16-13(8-12)9-14(19(22)21-16)11-20-15-3-5-17-18(10-15)24-7-6-23-17/h2-5,8-10,20H,6-7,11H2,1H3,(H,21,22). The molecule has 2 N–H and O–H groups in total. The molecule has 2 heterocycles. The van der Waals surface area contributed by atoms with Crippen LogP contribution in [0.25, 0.3) is 10.9 Å². The van der Waals surface area contributed by atoms with E-state index in [1.54, 1.807) is 0 Å². The van der Waals surface area contributed by atoms with Crippen molar-refractivity contribution >= 4 is 16.6 Å². The maximum atomic E-state index is 12.2. The molecule has 2 aromatic carbocycles. The summed E-state index contributed by atoms with van der Waals surface area (Å²) in [6, 6.07) is 13.6. The van der Waals surface area contributed by atoms with Crippen LogP contribution in [0.3, 0.4) is 0 Å². The molecule has 0 fully saturated rings. The van der Waals surface area contributed by atoms with Crippen molar-refractivity contribution in [3.05, 3.63) is 63.9 Å². The molecule has 24 heavy (non-hydrogen) atoms. The van der Waals surface area contributed by atoms with Crippen molar-refractivity contribution in [2.75, 3.05) is 18.5 Å². The molecule has 3 aromatic rings. The molecule has 0 saturated heterocycles. The second-order valence-corrected chi connectivity index (χ2v) is 5.93. The Morgan fingerprint density at radius 1 is 1.04 bits per heavy atom. The number of ether oxygens (including phenoxy) is 2. The quantitative estimate of drug-likeness (QED) is 0.777. The van der Waals surface area contributed by atoms with E-state index in [9.17, 15) is 4.79 Å². The van der Waals surface area contributed by atoms with Crippen molar-refractivity contribution in [1.29, 1.82) is 0 Å². The molecule has 0 unspecified atom stereocenters. The van der Waals surface area contributed by atoms with Gasteiger partial charge < -0.3 is 19.8 Å². The van der Waals surface area contributed by atoms with Crippen molar-refractivity contribution in [1.82, 2.24) is 4.98 Å². The highest BCUT2D eigenvalue weighted by molar-refractivity contribution is 5.79. The van der Waals surface area contributed by atoms with Crippen molar-refractivity contribution < 1.29 is 9.47 Å². The number of hydrogen-bond acceptors (Lipinski definition) is 4. The lowest BCUT2D eigenvalue weighted by molar-refractivity contribution is 0.171. The lowest BCUT2D eigenvalue weighted by Gasteiger charge is -2.19. The van der Waals surface area contributed by atoms with Crippen molar-refractivity contribution in [3.8, 4) is 11.5 Å². The number of fused-ring (bicyclic) bond motifs is 2. The number of rotatable bonds is 3. The summed E-state index contributed by atoms with van der Waals surface area (Å²) < 4.78 is 11.1. The maximum absolute atomic E-state index is 12.2. The molecule has 122 valence electrons. The minimum atomic E-state index is -0.0728. The lowest BCUT2D eigenvalue weighted by atomic mass is 10.1. The van der Waals surface area contributed by atoms with Gasteiger partial charge in [0.1, 0.15) is 13.2 Å². The molecule has 0 radical (unpaired) electrons. The van der Waals surface area contributed by atoms with Gasteiger partial charge in [0.05, 0.1) is 0 Å². The summed E-state index contributed by atoms with van der Waals surface area (Å²) in [4.78, 5) is 15.2. The first kappa shape index (κ1) is 14.6. The molecule has 0 atom stereocenters. The SMILES string of the molecule is Cc1ccc2[nH]c(=O)c(CNc3ccc4c(c3)OCCO4)cc2c1. The van der Waals surface area contributed by atoms with Crippen molar-refractivity contribution in [2.24, 2.45) is 0 Å². The first-order valence-corrected chi connectivity index (χ1v) is 7.95. The van der Waals surface area contributed by atoms with Crippen LogP contribution >= 0.6 is 0 Å². The number of pyridine rings is 1. The summed E-state index contributed by atoms with van der Waals surface area (Å²) in [5, 5.41) is 4.31. The number of nitrogens with one attached hydrogen (secondary N) is 2. The topological polar surface area (TPSA) is 63.4 Å². The van der Waals surface area contributed by atoms with E-state index in [4.69, 9.17) is 9.47 Å². The zero-order valence-electron chi connectivity index (χ0n) is 13.4. The monoisotopic (exact) mass is 322 g/mol. The molecule has 1 aliphatic rings. The van der Waals surface area contributed by atoms with Crippen LogP contribution in [0.4, 0.5) is 5.69 Å². The molecular formula is C19H18N2O3. The number of aromatic amines is 1. The Morgan fingerprint density at radius 2 is 1.88 bits per heavy atom. The summed E-state index contributed by atoms with van der Waals surface area (Å²) in [7, 11) is 0. The first-order chi connectivity index (χ1) is 11.7. The lowest BCUT2D eigenvalue weighted by Crippen LogP contribution is -2.17. The van der Waals surface area contributed by atoms with Gasteiger partial charge in [0, 0.05) is 29.4 Å². The molecule has 0 aliphatic carbocycles. The van der Waals surface area contributed by atoms with Gasteiger partial charge in [0.2, 0.25) is 0 Å². The van der Waals surface area contributed by atoms with E-state index in [0.29, 0.717) is 25.3 Å². The van der Waals surface area contributed by atoms with Crippen LogP contribution in [0.2, 0.25) is 0 Å². The van der Waals surface area contributed by atoms with E-state index in [0.717, 1.165) is 28.1 Å². The van der Waals surface area contributed by atoms with Gasteiger partial charge in [0.25, 0.3) is 5.56 Å². The number of benzene rings is 2. The number of hydrogen-bond donors (Lipinski definition) is 2. The molecule has 5 nitrogen and oxygen atoms in total. The highest BCUT2D eigenvalue weighted by atomic mass is 16.6. The van der Waals surface area contributed by atoms with E-state index in [-0.39, 0.29) is 5.56 Å². The minimum absolute atomic E-state index is 0.0728. The average molecular weight is 322 g/mol. The summed E-state index contributed by atoms with van der Waals surface area (Å²) in [5.74, 6) is 1.49. The second kappa shape index (κ2) is 5.92. The van der Waals surface area contributed by atoms with Crippen LogP contribution in [-0.4, -0.2) is 18.2 Å². The Bertz CT molecular complexity index is 962. The molecule has 0 bridgehead atoms. The third-order valence-electron chi connectivity index (χ3n) is 4.10. The van der Waals surface area contributed by atoms with E-state index in [2.05, 4.69) is 16.4 Å². The zero-order valence-corrected chi connectivity index (χ0v) is 13.4. The van der Waals surface area contributed by atoms with Crippen LogP contribution in [0.15, 0.2) is 47.3 Å². The Morgan fingerprint density at radius 3 is 2.75 bits per heavy atom. The number of aromatic nitrogens is 1. The largest absolute Gasteiger partial charge is 0.486 e. The first-order valence-electron chi connectivity index (χ1n) is 7.95. The van der Waals surface area contributed by atoms with Crippen LogP contribution in [-0.2, 0) is 6.54 Å². The summed E-state index contributed by atoms with van der Waals surface area (Å²) >= 11 is 0. The number of aryl methyl sites for hydroxylation is 1. The van der Waals surface area contributed by atoms with Crippen LogP contribution in [0.5, 0.6) is 11.5 Å². The van der Waals surface area contributed by atoms with E-state index >= 15 is 0 Å². The van der Waals surface area contributed by atoms with Crippen LogP contribution in [0.1, 0.15) is 11.1 Å². The summed E-state index contributed by atoms with van der Waals surface area (Å²) in [6.07, 6.45) is 0. The van der Waals surface area contributed by atoms with Gasteiger partial charge in [-0.3, -0.25) is 4.79 Å². The third-order valence-corrected chi connectivity index (χ3v) is 4.10. The summed E-state index contributed by atoms with van der Waals surface area (Å²) in [5.41, 5.74) is 3.54. The van der Waals surface area contributed by atoms with Gasteiger partial charge in [0.15, 0.2) is 11.5 Å². The Hall–Kier alpha value is -2.95. The molecule has 1 aromatic heterocycles. The predicted octanol–water partition coefficient (Wildman–Crippen LogP) is 3.22. The highest BCUT2D eigenvalue weighted by Gasteiger charge is 2.12. The van der Waals surface area contributed by atoms with Gasteiger partial charge in [-0.25, -0.2) is 0 Å². The highest BCUT2D eigenvalue weighted by Crippen LogP contribution is 2.32. The minimum Gasteiger partial charge on any atom is -0.486 e. The molecule has 5 heteroatoms. The fourth-order valence-electron chi connectivity index (χ4n) is 2.85. The van der Waals surface area contributed by atoms with Gasteiger partial charge in [-0.2, -0.15) is 0 Å². The van der Waals surface area contributed by atoms with E-state index < -0.39 is 0 Å². The molecule has 0 amide bonds. The van der Waals surface area contributed by atoms with Gasteiger partial charge in [-0.15, -0.1) is 0 Å². The predicted molar refractivity (Wildman–Crippen MR) is 94.1 cm³/mol. The van der Waals surface area contributed by atoms with Gasteiger partial charge in [-0.05, 0) is 42.6 Å². The van der Waals surface area contributed by atoms with Crippen molar-refractivity contribution in [2.45, 2.75) is 13.5 Å².